The van der Waals surface area contributed by atoms with Crippen LogP contribution in [0.15, 0.2) is 30.5 Å². The summed E-state index contributed by atoms with van der Waals surface area (Å²) in [5, 5.41) is 0.258. The van der Waals surface area contributed by atoms with E-state index < -0.39 is 5.82 Å². The summed E-state index contributed by atoms with van der Waals surface area (Å²) in [5.41, 5.74) is 6.44. The molecule has 1 aromatic heterocycles. The maximum Gasteiger partial charge on any atom is 0.255 e. The molecule has 110 valence electrons. The molecule has 1 heterocycles. The van der Waals surface area contributed by atoms with E-state index in [2.05, 4.69) is 4.98 Å². The molecule has 21 heavy (non-hydrogen) atoms. The number of nitrogens with two attached hydrogens (primary N) is 1. The van der Waals surface area contributed by atoms with Crippen molar-refractivity contribution in [3.8, 4) is 0 Å². The predicted molar refractivity (Wildman–Crippen MR) is 80.9 cm³/mol. The summed E-state index contributed by atoms with van der Waals surface area (Å²) in [6.45, 7) is 0.231. The molecule has 0 atom stereocenters. The predicted octanol–water partition coefficient (Wildman–Crippen LogP) is 3.38. The number of nitrogen functional groups attached to an aromatic ring is 1. The molecule has 0 bridgehead atoms. The minimum Gasteiger partial charge on any atom is -0.382 e. The van der Waals surface area contributed by atoms with Gasteiger partial charge in [-0.2, -0.15) is 0 Å². The van der Waals surface area contributed by atoms with Gasteiger partial charge in [0.05, 0.1) is 15.6 Å². The number of nitrogens with zero attached hydrogens (tertiary/aromatic N) is 2. The average Bonchev–Trinajstić information content (AvgIpc) is 2.45. The molecule has 0 spiro atoms. The van der Waals surface area contributed by atoms with E-state index in [0.717, 1.165) is 0 Å². The summed E-state index contributed by atoms with van der Waals surface area (Å²) < 4.78 is 13.4. The Morgan fingerprint density at radius 1 is 1.33 bits per heavy atom. The molecule has 0 aliphatic carbocycles. The van der Waals surface area contributed by atoms with Gasteiger partial charge in [0.1, 0.15) is 11.6 Å². The number of hydrogen-bond acceptors (Lipinski definition) is 3. The van der Waals surface area contributed by atoms with Gasteiger partial charge in [0, 0.05) is 19.8 Å². The summed E-state index contributed by atoms with van der Waals surface area (Å²) >= 11 is 11.5. The number of halogens is 3. The fourth-order valence-corrected chi connectivity index (χ4v) is 2.05. The van der Waals surface area contributed by atoms with Crippen molar-refractivity contribution in [2.45, 2.75) is 6.54 Å². The first-order chi connectivity index (χ1) is 9.88. The molecule has 0 saturated carbocycles. The molecule has 0 aliphatic heterocycles. The molecule has 2 rings (SSSR count). The number of aromatic nitrogens is 1. The van der Waals surface area contributed by atoms with Crippen molar-refractivity contribution >= 4 is 34.9 Å². The Bertz CT molecular complexity index is 694. The maximum atomic E-state index is 13.4. The number of anilines is 1. The Hall–Kier alpha value is -1.85. The third-order valence-electron chi connectivity index (χ3n) is 2.87. The van der Waals surface area contributed by atoms with Crippen LogP contribution in [-0.4, -0.2) is 22.8 Å². The van der Waals surface area contributed by atoms with Gasteiger partial charge < -0.3 is 10.6 Å². The van der Waals surface area contributed by atoms with Crippen LogP contribution in [0, 0.1) is 5.82 Å². The molecule has 0 radical (unpaired) electrons. The highest BCUT2D eigenvalue weighted by Crippen LogP contribution is 2.19. The van der Waals surface area contributed by atoms with Crippen LogP contribution in [0.3, 0.4) is 0 Å². The van der Waals surface area contributed by atoms with Crippen LogP contribution in [0.4, 0.5) is 10.2 Å². The Kier molecular flexibility index (Phi) is 4.65. The van der Waals surface area contributed by atoms with Crippen molar-refractivity contribution in [1.82, 2.24) is 9.88 Å². The second kappa shape index (κ2) is 6.28. The Labute approximate surface area is 131 Å². The monoisotopic (exact) mass is 327 g/mol. The summed E-state index contributed by atoms with van der Waals surface area (Å²) in [6, 6.07) is 5.85. The number of carbonyl (C=O) groups excluding carboxylic acids is 1. The van der Waals surface area contributed by atoms with E-state index in [-0.39, 0.29) is 28.3 Å². The van der Waals surface area contributed by atoms with Gasteiger partial charge in [-0.05, 0) is 23.8 Å². The maximum absolute atomic E-state index is 13.4. The fraction of sp³-hybridized carbons (Fsp3) is 0.143. The van der Waals surface area contributed by atoms with E-state index in [9.17, 15) is 9.18 Å². The van der Waals surface area contributed by atoms with E-state index in [1.807, 2.05) is 0 Å². The zero-order valence-electron chi connectivity index (χ0n) is 11.1. The third kappa shape index (κ3) is 3.62. The number of carbonyl (C=O) groups is 1. The molecule has 0 unspecified atom stereocenters. The highest BCUT2D eigenvalue weighted by molar-refractivity contribution is 6.33. The highest BCUT2D eigenvalue weighted by atomic mass is 35.5. The first-order valence-electron chi connectivity index (χ1n) is 5.99. The lowest BCUT2D eigenvalue weighted by atomic mass is 10.2. The van der Waals surface area contributed by atoms with Crippen molar-refractivity contribution in [2.75, 3.05) is 12.8 Å². The van der Waals surface area contributed by atoms with E-state index in [1.54, 1.807) is 13.1 Å². The number of benzene rings is 1. The molecule has 2 N–H and O–H groups in total. The zero-order valence-corrected chi connectivity index (χ0v) is 12.6. The summed E-state index contributed by atoms with van der Waals surface area (Å²) in [6.07, 6.45) is 1.35. The second-order valence-corrected chi connectivity index (χ2v) is 5.32. The van der Waals surface area contributed by atoms with Gasteiger partial charge in [-0.15, -0.1) is 0 Å². The molecule has 1 aromatic carbocycles. The lowest BCUT2D eigenvalue weighted by Crippen LogP contribution is -2.26. The average molecular weight is 328 g/mol. The van der Waals surface area contributed by atoms with Crippen molar-refractivity contribution in [1.29, 1.82) is 0 Å². The van der Waals surface area contributed by atoms with E-state index in [4.69, 9.17) is 28.9 Å². The number of amides is 1. The van der Waals surface area contributed by atoms with Crippen LogP contribution in [0.1, 0.15) is 15.9 Å². The first kappa shape index (κ1) is 15.5. The van der Waals surface area contributed by atoms with Gasteiger partial charge in [-0.25, -0.2) is 9.37 Å². The Morgan fingerprint density at radius 2 is 2.05 bits per heavy atom. The van der Waals surface area contributed by atoms with Crippen LogP contribution < -0.4 is 5.73 Å². The smallest absolute Gasteiger partial charge is 0.255 e. The van der Waals surface area contributed by atoms with Gasteiger partial charge in [-0.3, -0.25) is 4.79 Å². The largest absolute Gasteiger partial charge is 0.382 e. The van der Waals surface area contributed by atoms with E-state index in [0.29, 0.717) is 11.1 Å². The lowest BCUT2D eigenvalue weighted by Gasteiger charge is -2.17. The quantitative estimate of drug-likeness (QED) is 0.940. The molecular formula is C14H12Cl2FN3O. The van der Waals surface area contributed by atoms with Crippen molar-refractivity contribution in [3.05, 3.63) is 57.5 Å². The third-order valence-corrected chi connectivity index (χ3v) is 3.48. The van der Waals surface area contributed by atoms with Gasteiger partial charge in [0.15, 0.2) is 0 Å². The van der Waals surface area contributed by atoms with Crippen molar-refractivity contribution in [3.63, 3.8) is 0 Å². The molecule has 0 saturated heterocycles. The van der Waals surface area contributed by atoms with Crippen molar-refractivity contribution in [2.24, 2.45) is 0 Å². The van der Waals surface area contributed by atoms with Gasteiger partial charge in [-0.1, -0.05) is 29.3 Å². The zero-order chi connectivity index (χ0) is 15.6. The molecule has 0 fully saturated rings. The van der Waals surface area contributed by atoms with Crippen LogP contribution in [0.5, 0.6) is 0 Å². The van der Waals surface area contributed by atoms with Gasteiger partial charge in [0.25, 0.3) is 5.91 Å². The van der Waals surface area contributed by atoms with Gasteiger partial charge >= 0.3 is 0 Å². The minimum atomic E-state index is -0.521. The summed E-state index contributed by atoms with van der Waals surface area (Å²) in [5.74, 6) is -0.650. The number of hydrogen-bond donors (Lipinski definition) is 1. The second-order valence-electron chi connectivity index (χ2n) is 4.50. The minimum absolute atomic E-state index is 0.0437. The summed E-state index contributed by atoms with van der Waals surface area (Å²) in [7, 11) is 1.60. The Morgan fingerprint density at radius 3 is 2.67 bits per heavy atom. The first-order valence-corrected chi connectivity index (χ1v) is 6.74. The topological polar surface area (TPSA) is 59.2 Å². The Balaban J connectivity index is 2.15. The summed E-state index contributed by atoms with van der Waals surface area (Å²) in [4.78, 5) is 17.5. The molecule has 2 aromatic rings. The lowest BCUT2D eigenvalue weighted by molar-refractivity contribution is 0.0784. The van der Waals surface area contributed by atoms with Crippen LogP contribution >= 0.6 is 23.2 Å². The molecular weight excluding hydrogens is 316 g/mol. The van der Waals surface area contributed by atoms with Crippen LogP contribution in [0.2, 0.25) is 10.0 Å². The fourth-order valence-electron chi connectivity index (χ4n) is 1.77. The number of pyridine rings is 1. The number of rotatable bonds is 3. The van der Waals surface area contributed by atoms with E-state index >= 15 is 0 Å². The van der Waals surface area contributed by atoms with Gasteiger partial charge in [0.2, 0.25) is 0 Å². The van der Waals surface area contributed by atoms with Crippen LogP contribution in [-0.2, 0) is 6.54 Å². The van der Waals surface area contributed by atoms with Crippen molar-refractivity contribution < 1.29 is 9.18 Å². The molecule has 1 amide bonds. The standard InChI is InChI=1S/C14H12Cl2FN3O/c1-20(7-8-2-3-10(15)12(17)4-8)14(21)9-5-11(16)13(18)19-6-9/h2-6H,7H2,1H3,(H2,18,19). The molecule has 7 heteroatoms. The SMILES string of the molecule is CN(Cc1ccc(Cl)c(F)c1)C(=O)c1cnc(N)c(Cl)c1. The molecule has 4 nitrogen and oxygen atoms in total. The van der Waals surface area contributed by atoms with Crippen LogP contribution in [0.25, 0.3) is 0 Å². The molecule has 0 aliphatic rings. The normalized spacial score (nSPS) is 10.5. The highest BCUT2D eigenvalue weighted by Gasteiger charge is 2.14. The van der Waals surface area contributed by atoms with E-state index in [1.165, 1.54) is 29.3 Å².